The normalized spacial score (nSPS) is 14.6. The number of amides is 2. The number of nitrogens with one attached hydrogen (secondary N) is 4. The average Bonchev–Trinajstić information content (AvgIpc) is 3.74. The van der Waals surface area contributed by atoms with Crippen LogP contribution < -0.4 is 16.0 Å². The van der Waals surface area contributed by atoms with Gasteiger partial charge in [-0.15, -0.1) is 0 Å². The van der Waals surface area contributed by atoms with Gasteiger partial charge in [0.15, 0.2) is 11.8 Å². The van der Waals surface area contributed by atoms with E-state index >= 15 is 0 Å². The molecule has 0 aliphatic carbocycles. The minimum absolute atomic E-state index is 0.0382. The SMILES string of the molecule is CCCCCCOC(=O)NC(=N)c1ccc(NCc2nc3cc(C(C)(CNC(C(C)=O)C(=O)OC)C(=O)N4CCCC4)ccc3n2C)cc1. The Kier molecular flexibility index (Phi) is 12.9. The van der Waals surface area contributed by atoms with E-state index in [1.807, 2.05) is 53.8 Å². The summed E-state index contributed by atoms with van der Waals surface area (Å²) < 4.78 is 12.0. The van der Waals surface area contributed by atoms with Crippen molar-refractivity contribution in [3.63, 3.8) is 0 Å². The van der Waals surface area contributed by atoms with Crippen LogP contribution in [-0.2, 0) is 42.9 Å². The molecule has 4 N–H and O–H groups in total. The minimum Gasteiger partial charge on any atom is -0.468 e. The predicted molar refractivity (Wildman–Crippen MR) is 188 cm³/mol. The van der Waals surface area contributed by atoms with Gasteiger partial charge in [0.25, 0.3) is 0 Å². The Labute approximate surface area is 287 Å². The summed E-state index contributed by atoms with van der Waals surface area (Å²) in [6, 6.07) is 11.7. The lowest BCUT2D eigenvalue weighted by atomic mass is 9.80. The number of carbonyl (C=O) groups excluding carboxylic acids is 4. The van der Waals surface area contributed by atoms with Crippen molar-refractivity contribution in [1.82, 2.24) is 25.1 Å². The van der Waals surface area contributed by atoms with Gasteiger partial charge in [-0.25, -0.2) is 14.6 Å². The minimum atomic E-state index is -1.18. The Hall–Kier alpha value is -4.78. The number of methoxy groups -OCH3 is 1. The molecule has 0 saturated carbocycles. The van der Waals surface area contributed by atoms with Crippen molar-refractivity contribution in [3.05, 3.63) is 59.4 Å². The zero-order chi connectivity index (χ0) is 35.6. The summed E-state index contributed by atoms with van der Waals surface area (Å²) in [6.07, 6.45) is 5.24. The Morgan fingerprint density at radius 3 is 2.41 bits per heavy atom. The number of aryl methyl sites for hydroxylation is 1. The molecule has 2 unspecified atom stereocenters. The molecule has 4 rings (SSSR count). The van der Waals surface area contributed by atoms with Crippen LogP contribution >= 0.6 is 0 Å². The molecule has 49 heavy (non-hydrogen) atoms. The number of benzene rings is 2. The molecule has 1 aromatic heterocycles. The number of carbonyl (C=O) groups is 4. The number of Topliss-reactive ketones (excluding diaryl/α,β-unsaturated/α-hetero) is 1. The largest absolute Gasteiger partial charge is 0.468 e. The first kappa shape index (κ1) is 37.0. The van der Waals surface area contributed by atoms with E-state index in [2.05, 4.69) is 22.9 Å². The van der Waals surface area contributed by atoms with Crippen LogP contribution in [0.25, 0.3) is 11.0 Å². The number of imidazole rings is 1. The van der Waals surface area contributed by atoms with Gasteiger partial charge in [0.2, 0.25) is 5.91 Å². The third kappa shape index (κ3) is 9.23. The summed E-state index contributed by atoms with van der Waals surface area (Å²) in [5.74, 6) is -0.437. The summed E-state index contributed by atoms with van der Waals surface area (Å²) in [7, 11) is 3.15. The molecule has 1 saturated heterocycles. The summed E-state index contributed by atoms with van der Waals surface area (Å²) in [6.45, 7) is 7.38. The van der Waals surface area contributed by atoms with Gasteiger partial charge in [-0.3, -0.25) is 25.6 Å². The number of ketones is 1. The van der Waals surface area contributed by atoms with Crippen LogP contribution in [0.1, 0.15) is 76.2 Å². The number of nitrogens with zero attached hydrogens (tertiary/aromatic N) is 3. The smallest absolute Gasteiger partial charge is 0.412 e. The summed E-state index contributed by atoms with van der Waals surface area (Å²) in [5, 5.41) is 17.1. The summed E-state index contributed by atoms with van der Waals surface area (Å²) >= 11 is 0. The number of rotatable bonds is 16. The molecule has 2 amide bonds. The zero-order valence-electron chi connectivity index (χ0n) is 29.2. The Morgan fingerprint density at radius 1 is 1.04 bits per heavy atom. The number of likely N-dealkylation sites (tertiary alicyclic amines) is 1. The van der Waals surface area contributed by atoms with E-state index in [0.717, 1.165) is 61.1 Å². The van der Waals surface area contributed by atoms with Crippen LogP contribution in [0.15, 0.2) is 42.5 Å². The topological polar surface area (TPSA) is 168 Å². The molecule has 2 heterocycles. The van der Waals surface area contributed by atoms with E-state index in [0.29, 0.717) is 37.3 Å². The number of amidine groups is 1. The molecule has 2 atom stereocenters. The second-order valence-corrected chi connectivity index (χ2v) is 12.7. The van der Waals surface area contributed by atoms with Crippen molar-refractivity contribution in [2.75, 3.05) is 38.7 Å². The molecule has 1 aliphatic heterocycles. The van der Waals surface area contributed by atoms with Gasteiger partial charge in [-0.2, -0.15) is 0 Å². The summed E-state index contributed by atoms with van der Waals surface area (Å²) in [4.78, 5) is 57.2. The molecule has 1 fully saturated rings. The first-order valence-corrected chi connectivity index (χ1v) is 16.9. The van der Waals surface area contributed by atoms with E-state index in [1.165, 1.54) is 14.0 Å². The molecular formula is C36H49N7O6. The lowest BCUT2D eigenvalue weighted by Gasteiger charge is -2.34. The number of fused-ring (bicyclic) bond motifs is 1. The maximum atomic E-state index is 14.0. The van der Waals surface area contributed by atoms with Gasteiger partial charge in [0, 0.05) is 37.9 Å². The van der Waals surface area contributed by atoms with E-state index in [-0.39, 0.29) is 18.3 Å². The number of hydrogen-bond donors (Lipinski definition) is 4. The molecule has 13 nitrogen and oxygen atoms in total. The van der Waals surface area contributed by atoms with Crippen molar-refractivity contribution in [2.45, 2.75) is 77.3 Å². The highest BCUT2D eigenvalue weighted by molar-refractivity contribution is 6.04. The monoisotopic (exact) mass is 675 g/mol. The van der Waals surface area contributed by atoms with Crippen molar-refractivity contribution >= 4 is 46.3 Å². The number of ether oxygens (including phenoxy) is 2. The predicted octanol–water partition coefficient (Wildman–Crippen LogP) is 4.42. The molecular weight excluding hydrogens is 626 g/mol. The van der Waals surface area contributed by atoms with Crippen molar-refractivity contribution in [2.24, 2.45) is 7.05 Å². The van der Waals surface area contributed by atoms with Crippen LogP contribution in [0, 0.1) is 5.41 Å². The van der Waals surface area contributed by atoms with E-state index < -0.39 is 29.3 Å². The fraction of sp³-hybridized carbons (Fsp3) is 0.500. The first-order valence-electron chi connectivity index (χ1n) is 16.9. The Morgan fingerprint density at radius 2 is 1.76 bits per heavy atom. The fourth-order valence-electron chi connectivity index (χ4n) is 5.98. The first-order chi connectivity index (χ1) is 23.5. The Balaban J connectivity index is 1.45. The second kappa shape index (κ2) is 17.0. The van der Waals surface area contributed by atoms with Crippen LogP contribution in [0.3, 0.4) is 0 Å². The van der Waals surface area contributed by atoms with Crippen molar-refractivity contribution < 1.29 is 28.7 Å². The maximum Gasteiger partial charge on any atom is 0.412 e. The molecule has 264 valence electrons. The lowest BCUT2D eigenvalue weighted by Crippen LogP contribution is -2.54. The van der Waals surface area contributed by atoms with Gasteiger partial charge in [0.05, 0.1) is 36.7 Å². The molecule has 13 heteroatoms. The molecule has 0 spiro atoms. The van der Waals surface area contributed by atoms with Crippen LogP contribution in [0.4, 0.5) is 10.5 Å². The molecule has 3 aromatic rings. The lowest BCUT2D eigenvalue weighted by molar-refractivity contribution is -0.147. The van der Waals surface area contributed by atoms with Crippen molar-refractivity contribution in [1.29, 1.82) is 5.41 Å². The molecule has 2 aromatic carbocycles. The number of esters is 1. The van der Waals surface area contributed by atoms with E-state index in [9.17, 15) is 19.2 Å². The molecule has 0 bridgehead atoms. The molecule has 1 aliphatic rings. The third-order valence-corrected chi connectivity index (χ3v) is 9.06. The second-order valence-electron chi connectivity index (χ2n) is 12.7. The van der Waals surface area contributed by atoms with Crippen molar-refractivity contribution in [3.8, 4) is 0 Å². The number of hydrogen-bond acceptors (Lipinski definition) is 10. The highest BCUT2D eigenvalue weighted by Gasteiger charge is 2.41. The van der Waals surface area contributed by atoms with E-state index in [1.54, 1.807) is 12.1 Å². The van der Waals surface area contributed by atoms with Crippen LogP contribution in [0.2, 0.25) is 0 Å². The molecule has 0 radical (unpaired) electrons. The standard InChI is InChI=1S/C36H49N7O6/c1-6-7-8-11-20-49-35(47)41-32(37)25-12-15-27(16-13-25)38-22-30-40-28-21-26(14-17-29(28)42(30)4)36(3,34(46)43-18-9-10-19-43)23-39-31(24(2)44)33(45)48-5/h12-17,21,31,38-39H,6-11,18-20,22-23H2,1-5H3,(H2,37,41,47). The highest BCUT2D eigenvalue weighted by Crippen LogP contribution is 2.31. The van der Waals surface area contributed by atoms with Gasteiger partial charge < -0.3 is 24.3 Å². The Bertz CT molecular complexity index is 1650. The fourth-order valence-corrected chi connectivity index (χ4v) is 5.98. The average molecular weight is 676 g/mol. The zero-order valence-corrected chi connectivity index (χ0v) is 29.2. The number of unbranched alkanes of at least 4 members (excludes halogenated alkanes) is 3. The maximum absolute atomic E-state index is 14.0. The van der Waals surface area contributed by atoms with Gasteiger partial charge >= 0.3 is 12.1 Å². The number of anilines is 1. The summed E-state index contributed by atoms with van der Waals surface area (Å²) in [5.41, 5.74) is 2.59. The third-order valence-electron chi connectivity index (χ3n) is 9.06. The van der Waals surface area contributed by atoms with Gasteiger partial charge in [0.1, 0.15) is 11.7 Å². The number of aromatic nitrogens is 2. The van der Waals surface area contributed by atoms with Crippen LogP contribution in [-0.4, -0.2) is 83.4 Å². The van der Waals surface area contributed by atoms with Crippen LogP contribution in [0.5, 0.6) is 0 Å². The highest BCUT2D eigenvalue weighted by atomic mass is 16.5. The van der Waals surface area contributed by atoms with Gasteiger partial charge in [-0.05, 0) is 75.1 Å². The quantitative estimate of drug-likeness (QED) is 0.0565. The van der Waals surface area contributed by atoms with E-state index in [4.69, 9.17) is 19.9 Å². The number of alkyl carbamates (subject to hydrolysis) is 1. The van der Waals surface area contributed by atoms with Gasteiger partial charge in [-0.1, -0.05) is 32.3 Å².